The quantitative estimate of drug-likeness (QED) is 0.406. The molecule has 6 nitrogen and oxygen atoms in total. The molecule has 0 unspecified atom stereocenters. The summed E-state index contributed by atoms with van der Waals surface area (Å²) in [6, 6.07) is 5.99. The number of hydrogen-bond donors (Lipinski definition) is 1. The molecule has 1 aliphatic rings. The van der Waals surface area contributed by atoms with Gasteiger partial charge in [-0.1, -0.05) is 0 Å². The second kappa shape index (κ2) is 7.63. The molecule has 10 heteroatoms. The summed E-state index contributed by atoms with van der Waals surface area (Å²) in [7, 11) is 0. The van der Waals surface area contributed by atoms with Crippen molar-refractivity contribution < 1.29 is 17.9 Å². The maximum atomic E-state index is 14.2. The van der Waals surface area contributed by atoms with Gasteiger partial charge in [0.05, 0.1) is 39.6 Å². The van der Waals surface area contributed by atoms with Crippen molar-refractivity contribution in [3.63, 3.8) is 0 Å². The van der Waals surface area contributed by atoms with Crippen LogP contribution in [0.15, 0.2) is 36.7 Å². The number of halogens is 3. The predicted octanol–water partition coefficient (Wildman–Crippen LogP) is 5.54. The minimum absolute atomic E-state index is 0.102. The van der Waals surface area contributed by atoms with Gasteiger partial charge in [0.15, 0.2) is 11.6 Å². The van der Waals surface area contributed by atoms with Crippen LogP contribution in [0.1, 0.15) is 40.5 Å². The van der Waals surface area contributed by atoms with E-state index in [1.807, 2.05) is 6.92 Å². The Balaban J connectivity index is 1.81. The molecule has 1 atom stereocenters. The molecule has 0 saturated carbocycles. The maximum absolute atomic E-state index is 14.2. The van der Waals surface area contributed by atoms with Crippen molar-refractivity contribution in [1.82, 2.24) is 19.7 Å². The van der Waals surface area contributed by atoms with E-state index in [0.717, 1.165) is 16.1 Å². The van der Waals surface area contributed by atoms with Gasteiger partial charge in [0.2, 0.25) is 0 Å². The first kappa shape index (κ1) is 20.5. The third kappa shape index (κ3) is 3.40. The van der Waals surface area contributed by atoms with Gasteiger partial charge in [-0.3, -0.25) is 4.68 Å². The number of fused-ring (bicyclic) bond motifs is 7. The van der Waals surface area contributed by atoms with Crippen LogP contribution in [0.5, 0.6) is 5.75 Å². The molecule has 0 radical (unpaired) electrons. The number of rotatable bonds is 1. The zero-order valence-electron chi connectivity index (χ0n) is 17.1. The highest BCUT2D eigenvalue weighted by molar-refractivity contribution is 7.12. The molecule has 0 aliphatic carbocycles. The predicted molar refractivity (Wildman–Crippen MR) is 115 cm³/mol. The Kier molecular flexibility index (Phi) is 4.89. The molecule has 4 aromatic rings. The monoisotopic (exact) mass is 457 g/mol. The van der Waals surface area contributed by atoms with Crippen molar-refractivity contribution in [2.75, 3.05) is 5.73 Å². The molecular formula is C22H18F3N5OS. The number of nitrogens with zero attached hydrogens (tertiary/aromatic N) is 4. The van der Waals surface area contributed by atoms with Crippen molar-refractivity contribution in [2.45, 2.75) is 32.9 Å². The van der Waals surface area contributed by atoms with Gasteiger partial charge in [-0.05, 0) is 38.1 Å². The average Bonchev–Trinajstić information content (AvgIpc) is 3.32. The van der Waals surface area contributed by atoms with Crippen LogP contribution in [0.4, 0.5) is 19.0 Å². The highest BCUT2D eigenvalue weighted by Crippen LogP contribution is 2.40. The highest BCUT2D eigenvalue weighted by Gasteiger charge is 2.26. The smallest absolute Gasteiger partial charge is 0.267 e. The normalized spacial score (nSPS) is 15.2. The molecule has 4 heterocycles. The van der Waals surface area contributed by atoms with Crippen LogP contribution in [0.2, 0.25) is 0 Å². The Morgan fingerprint density at radius 3 is 2.84 bits per heavy atom. The number of hydrogen-bond acceptors (Lipinski definition) is 6. The van der Waals surface area contributed by atoms with Crippen LogP contribution in [0.25, 0.3) is 22.5 Å². The molecule has 0 amide bonds. The van der Waals surface area contributed by atoms with E-state index in [2.05, 4.69) is 15.1 Å². The second-order valence-electron chi connectivity index (χ2n) is 7.51. The summed E-state index contributed by atoms with van der Waals surface area (Å²) in [6.07, 6.45) is -0.742. The summed E-state index contributed by atoms with van der Waals surface area (Å²) >= 11 is 1.44. The number of benzene rings is 1. The van der Waals surface area contributed by atoms with Crippen molar-refractivity contribution in [3.8, 4) is 28.3 Å². The lowest BCUT2D eigenvalue weighted by atomic mass is 9.99. The van der Waals surface area contributed by atoms with E-state index in [1.54, 1.807) is 19.1 Å². The van der Waals surface area contributed by atoms with Gasteiger partial charge in [0.1, 0.15) is 11.9 Å². The van der Waals surface area contributed by atoms with Crippen LogP contribution < -0.4 is 10.5 Å². The largest absolute Gasteiger partial charge is 0.482 e. The van der Waals surface area contributed by atoms with Gasteiger partial charge < -0.3 is 10.5 Å². The topological polar surface area (TPSA) is 78.9 Å². The van der Waals surface area contributed by atoms with Crippen LogP contribution in [-0.2, 0) is 6.54 Å². The fourth-order valence-electron chi connectivity index (χ4n) is 3.94. The Labute approximate surface area is 185 Å². The molecule has 0 saturated heterocycles. The molecule has 5 rings (SSSR count). The van der Waals surface area contributed by atoms with Gasteiger partial charge in [-0.25, -0.2) is 23.1 Å². The SMILES string of the molecule is Cc1nc2c(s1)Cn1ncc(C(F)F)c1-c1cnc(N)c(c1)O[C@H](C)c1cc(F)ccc1-2. The summed E-state index contributed by atoms with van der Waals surface area (Å²) in [6.45, 7) is 3.85. The molecule has 2 N–H and O–H groups in total. The Bertz CT molecular complexity index is 1330. The Hall–Kier alpha value is -3.40. The average molecular weight is 457 g/mol. The van der Waals surface area contributed by atoms with Crippen molar-refractivity contribution in [2.24, 2.45) is 0 Å². The maximum Gasteiger partial charge on any atom is 0.267 e. The zero-order chi connectivity index (χ0) is 22.6. The van der Waals surface area contributed by atoms with Crippen molar-refractivity contribution >= 4 is 17.2 Å². The first-order valence-corrected chi connectivity index (χ1v) is 10.7. The minimum atomic E-state index is -2.72. The lowest BCUT2D eigenvalue weighted by Gasteiger charge is -2.21. The zero-order valence-corrected chi connectivity index (χ0v) is 18.0. The molecule has 1 aliphatic heterocycles. The number of anilines is 1. The fourth-order valence-corrected chi connectivity index (χ4v) is 4.87. The van der Waals surface area contributed by atoms with Crippen LogP contribution in [0.3, 0.4) is 0 Å². The van der Waals surface area contributed by atoms with E-state index in [-0.39, 0.29) is 29.4 Å². The van der Waals surface area contributed by atoms with E-state index in [0.29, 0.717) is 22.4 Å². The van der Waals surface area contributed by atoms with Gasteiger partial charge in [0, 0.05) is 22.9 Å². The molecule has 3 aromatic heterocycles. The highest BCUT2D eigenvalue weighted by atomic mass is 32.1. The first-order chi connectivity index (χ1) is 15.3. The number of nitrogen functional groups attached to an aromatic ring is 1. The Morgan fingerprint density at radius 1 is 1.25 bits per heavy atom. The van der Waals surface area contributed by atoms with E-state index in [4.69, 9.17) is 10.5 Å². The van der Waals surface area contributed by atoms with Gasteiger partial charge >= 0.3 is 0 Å². The molecular weight excluding hydrogens is 439 g/mol. The number of pyridine rings is 1. The van der Waals surface area contributed by atoms with Gasteiger partial charge in [0.25, 0.3) is 6.43 Å². The number of nitrogens with two attached hydrogens (primary N) is 1. The molecule has 164 valence electrons. The molecule has 1 aromatic carbocycles. The standard InChI is InChI=1S/C22H18F3N5OS/c1-10-15-6-13(23)3-4-14(15)19-18(32-11(2)29-19)9-30-20(16(8-28-30)21(24)25)12-5-17(31-10)22(26)27-7-12/h3-8,10,21H,9H2,1-2H3,(H2,26,27)/t10-/m1/s1. The minimum Gasteiger partial charge on any atom is -0.482 e. The first-order valence-electron chi connectivity index (χ1n) is 9.84. The third-order valence-corrected chi connectivity index (χ3v) is 6.32. The summed E-state index contributed by atoms with van der Waals surface area (Å²) in [4.78, 5) is 9.62. The molecule has 0 spiro atoms. The van der Waals surface area contributed by atoms with Gasteiger partial charge in [-0.2, -0.15) is 5.10 Å². The number of thiazole rings is 1. The molecule has 32 heavy (non-hydrogen) atoms. The van der Waals surface area contributed by atoms with E-state index in [9.17, 15) is 13.2 Å². The van der Waals surface area contributed by atoms with Crippen LogP contribution in [0, 0.1) is 12.7 Å². The summed E-state index contributed by atoms with van der Waals surface area (Å²) in [5.74, 6) is -0.0884. The molecule has 0 fully saturated rings. The molecule has 2 bridgehead atoms. The Morgan fingerprint density at radius 2 is 2.06 bits per heavy atom. The number of aryl methyl sites for hydroxylation is 1. The summed E-state index contributed by atoms with van der Waals surface area (Å²) in [5, 5.41) is 5.02. The van der Waals surface area contributed by atoms with E-state index < -0.39 is 18.3 Å². The van der Waals surface area contributed by atoms with Crippen LogP contribution in [-0.4, -0.2) is 19.7 Å². The van der Waals surface area contributed by atoms with Crippen LogP contribution >= 0.6 is 11.3 Å². The lowest BCUT2D eigenvalue weighted by Crippen LogP contribution is -2.11. The third-order valence-electron chi connectivity index (χ3n) is 5.37. The van der Waals surface area contributed by atoms with E-state index >= 15 is 0 Å². The van der Waals surface area contributed by atoms with Crippen molar-refractivity contribution in [1.29, 1.82) is 0 Å². The number of aromatic nitrogens is 4. The van der Waals surface area contributed by atoms with E-state index in [1.165, 1.54) is 34.3 Å². The summed E-state index contributed by atoms with van der Waals surface area (Å²) < 4.78 is 49.4. The van der Waals surface area contributed by atoms with Crippen molar-refractivity contribution in [3.05, 3.63) is 63.5 Å². The summed E-state index contributed by atoms with van der Waals surface area (Å²) in [5.41, 5.74) is 8.37. The fraction of sp³-hybridized carbons (Fsp3) is 0.227. The number of ether oxygens (including phenoxy) is 1. The lowest BCUT2D eigenvalue weighted by molar-refractivity contribution is 0.152. The number of alkyl halides is 2. The van der Waals surface area contributed by atoms with Gasteiger partial charge in [-0.15, -0.1) is 11.3 Å². The second-order valence-corrected chi connectivity index (χ2v) is 8.80.